The highest BCUT2D eigenvalue weighted by molar-refractivity contribution is 5.78. The SMILES string of the molecule is CCCNC(C)(CCN1CCCC(CC)C1)C(=O)O. The van der Waals surface area contributed by atoms with Crippen molar-refractivity contribution in [3.05, 3.63) is 0 Å². The lowest BCUT2D eigenvalue weighted by Crippen LogP contribution is -2.52. The molecule has 2 N–H and O–H groups in total. The predicted octanol–water partition coefficient (Wildman–Crippen LogP) is 2.34. The van der Waals surface area contributed by atoms with E-state index in [0.717, 1.165) is 38.5 Å². The topological polar surface area (TPSA) is 52.6 Å². The van der Waals surface area contributed by atoms with Gasteiger partial charge < -0.3 is 15.3 Å². The molecule has 1 fully saturated rings. The Morgan fingerprint density at radius 3 is 2.79 bits per heavy atom. The van der Waals surface area contributed by atoms with Crippen LogP contribution in [0.2, 0.25) is 0 Å². The van der Waals surface area contributed by atoms with Gasteiger partial charge in [-0.15, -0.1) is 0 Å². The Morgan fingerprint density at radius 1 is 1.47 bits per heavy atom. The minimum atomic E-state index is -0.783. The third-order valence-electron chi connectivity index (χ3n) is 4.35. The first-order chi connectivity index (χ1) is 9.01. The maximum atomic E-state index is 11.4. The van der Waals surface area contributed by atoms with Gasteiger partial charge in [0, 0.05) is 13.1 Å². The average Bonchev–Trinajstić information content (AvgIpc) is 2.43. The molecule has 0 aromatic rings. The summed E-state index contributed by atoms with van der Waals surface area (Å²) >= 11 is 0. The van der Waals surface area contributed by atoms with Gasteiger partial charge in [0.15, 0.2) is 0 Å². The number of carboxylic acids is 1. The van der Waals surface area contributed by atoms with E-state index in [0.29, 0.717) is 6.42 Å². The first kappa shape index (κ1) is 16.4. The molecule has 0 amide bonds. The largest absolute Gasteiger partial charge is 0.480 e. The summed E-state index contributed by atoms with van der Waals surface area (Å²) in [6.45, 7) is 10.0. The van der Waals surface area contributed by atoms with E-state index in [1.807, 2.05) is 6.92 Å². The number of rotatable bonds is 8. The minimum Gasteiger partial charge on any atom is -0.480 e. The van der Waals surface area contributed by atoms with Gasteiger partial charge in [0.25, 0.3) is 0 Å². The van der Waals surface area contributed by atoms with Gasteiger partial charge in [0.05, 0.1) is 0 Å². The molecule has 4 nitrogen and oxygen atoms in total. The van der Waals surface area contributed by atoms with Crippen molar-refractivity contribution in [3.63, 3.8) is 0 Å². The minimum absolute atomic E-state index is 0.679. The van der Waals surface area contributed by atoms with Gasteiger partial charge in [-0.05, 0) is 51.6 Å². The number of nitrogens with one attached hydrogen (secondary N) is 1. The number of piperidine rings is 1. The summed E-state index contributed by atoms with van der Waals surface area (Å²) in [4.78, 5) is 13.9. The lowest BCUT2D eigenvalue weighted by Gasteiger charge is -2.35. The zero-order valence-corrected chi connectivity index (χ0v) is 12.7. The summed E-state index contributed by atoms with van der Waals surface area (Å²) < 4.78 is 0. The third-order valence-corrected chi connectivity index (χ3v) is 4.35. The number of aliphatic carboxylic acids is 1. The van der Waals surface area contributed by atoms with Crippen LogP contribution in [0.25, 0.3) is 0 Å². The van der Waals surface area contributed by atoms with Crippen LogP contribution in [0, 0.1) is 5.92 Å². The molecule has 1 saturated heterocycles. The van der Waals surface area contributed by atoms with Crippen LogP contribution in [0.1, 0.15) is 52.9 Å². The molecule has 2 atom stereocenters. The molecule has 1 rings (SSSR count). The fourth-order valence-electron chi connectivity index (χ4n) is 2.74. The number of carboxylic acid groups (broad SMARTS) is 1. The van der Waals surface area contributed by atoms with Crippen LogP contribution in [0.4, 0.5) is 0 Å². The molecule has 1 aliphatic heterocycles. The Balaban J connectivity index is 2.44. The van der Waals surface area contributed by atoms with E-state index in [-0.39, 0.29) is 0 Å². The highest BCUT2D eigenvalue weighted by atomic mass is 16.4. The first-order valence-electron chi connectivity index (χ1n) is 7.72. The smallest absolute Gasteiger partial charge is 0.323 e. The van der Waals surface area contributed by atoms with Crippen LogP contribution in [-0.2, 0) is 4.79 Å². The number of hydrogen-bond acceptors (Lipinski definition) is 3. The molecule has 0 aliphatic carbocycles. The summed E-state index contributed by atoms with van der Waals surface area (Å²) in [6.07, 6.45) is 5.46. The van der Waals surface area contributed by atoms with Crippen molar-refractivity contribution < 1.29 is 9.90 Å². The van der Waals surface area contributed by atoms with Gasteiger partial charge in [-0.2, -0.15) is 0 Å². The highest BCUT2D eigenvalue weighted by Gasteiger charge is 2.32. The Bertz CT molecular complexity index is 283. The van der Waals surface area contributed by atoms with Gasteiger partial charge >= 0.3 is 5.97 Å². The molecular weight excluding hydrogens is 240 g/mol. The zero-order valence-electron chi connectivity index (χ0n) is 12.7. The normalized spacial score (nSPS) is 24.1. The van der Waals surface area contributed by atoms with Crippen LogP contribution in [0.3, 0.4) is 0 Å². The van der Waals surface area contributed by atoms with Gasteiger partial charge in [0.1, 0.15) is 5.54 Å². The molecule has 19 heavy (non-hydrogen) atoms. The maximum absolute atomic E-state index is 11.4. The quantitative estimate of drug-likeness (QED) is 0.711. The second-order valence-electron chi connectivity index (χ2n) is 6.03. The molecule has 0 saturated carbocycles. The number of likely N-dealkylation sites (tertiary alicyclic amines) is 1. The Hall–Kier alpha value is -0.610. The summed E-state index contributed by atoms with van der Waals surface area (Å²) in [5, 5.41) is 12.6. The van der Waals surface area contributed by atoms with Gasteiger partial charge in [-0.1, -0.05) is 20.3 Å². The van der Waals surface area contributed by atoms with E-state index >= 15 is 0 Å². The van der Waals surface area contributed by atoms with E-state index in [1.54, 1.807) is 0 Å². The molecule has 0 spiro atoms. The monoisotopic (exact) mass is 270 g/mol. The zero-order chi connectivity index (χ0) is 14.3. The summed E-state index contributed by atoms with van der Waals surface area (Å²) in [5.74, 6) is 0.0680. The van der Waals surface area contributed by atoms with Crippen molar-refractivity contribution in [2.24, 2.45) is 5.92 Å². The Morgan fingerprint density at radius 2 is 2.21 bits per heavy atom. The van der Waals surface area contributed by atoms with Crippen molar-refractivity contribution in [2.45, 2.75) is 58.4 Å². The molecule has 112 valence electrons. The average molecular weight is 270 g/mol. The number of carbonyl (C=O) groups is 1. The van der Waals surface area contributed by atoms with E-state index in [1.165, 1.54) is 19.3 Å². The second-order valence-corrected chi connectivity index (χ2v) is 6.03. The molecule has 4 heteroatoms. The molecule has 0 aromatic heterocycles. The standard InChI is InChI=1S/C15H30N2O2/c1-4-9-16-15(3,14(18)19)8-11-17-10-6-7-13(5-2)12-17/h13,16H,4-12H2,1-3H3,(H,18,19). The van der Waals surface area contributed by atoms with Crippen molar-refractivity contribution >= 4 is 5.97 Å². The fourth-order valence-corrected chi connectivity index (χ4v) is 2.74. The summed E-state index contributed by atoms with van der Waals surface area (Å²) in [6, 6.07) is 0. The van der Waals surface area contributed by atoms with Gasteiger partial charge in [-0.25, -0.2) is 0 Å². The predicted molar refractivity (Wildman–Crippen MR) is 78.4 cm³/mol. The fraction of sp³-hybridized carbons (Fsp3) is 0.933. The Kier molecular flexibility index (Phi) is 6.80. The molecule has 0 bridgehead atoms. The molecule has 1 aliphatic rings. The first-order valence-corrected chi connectivity index (χ1v) is 7.72. The van der Waals surface area contributed by atoms with Crippen LogP contribution < -0.4 is 5.32 Å². The van der Waals surface area contributed by atoms with E-state index in [2.05, 4.69) is 24.1 Å². The van der Waals surface area contributed by atoms with E-state index in [9.17, 15) is 9.90 Å². The van der Waals surface area contributed by atoms with Crippen molar-refractivity contribution in [1.29, 1.82) is 0 Å². The van der Waals surface area contributed by atoms with E-state index < -0.39 is 11.5 Å². The Labute approximate surface area is 117 Å². The molecular formula is C15H30N2O2. The van der Waals surface area contributed by atoms with Crippen LogP contribution >= 0.6 is 0 Å². The van der Waals surface area contributed by atoms with Crippen LogP contribution in [0.15, 0.2) is 0 Å². The third kappa shape index (κ3) is 5.11. The van der Waals surface area contributed by atoms with E-state index in [4.69, 9.17) is 0 Å². The number of hydrogen-bond donors (Lipinski definition) is 2. The molecule has 1 heterocycles. The highest BCUT2D eigenvalue weighted by Crippen LogP contribution is 2.20. The number of nitrogens with zero attached hydrogens (tertiary/aromatic N) is 1. The van der Waals surface area contributed by atoms with Crippen molar-refractivity contribution in [1.82, 2.24) is 10.2 Å². The molecule has 0 aromatic carbocycles. The van der Waals surface area contributed by atoms with Gasteiger partial charge in [0.2, 0.25) is 0 Å². The van der Waals surface area contributed by atoms with Crippen molar-refractivity contribution in [3.8, 4) is 0 Å². The molecule has 2 unspecified atom stereocenters. The van der Waals surface area contributed by atoms with Gasteiger partial charge in [-0.3, -0.25) is 4.79 Å². The van der Waals surface area contributed by atoms with Crippen LogP contribution in [-0.4, -0.2) is 47.7 Å². The summed E-state index contributed by atoms with van der Waals surface area (Å²) in [7, 11) is 0. The second kappa shape index (κ2) is 7.85. The van der Waals surface area contributed by atoms with Crippen molar-refractivity contribution in [2.75, 3.05) is 26.2 Å². The summed E-state index contributed by atoms with van der Waals surface area (Å²) in [5.41, 5.74) is -0.783. The van der Waals surface area contributed by atoms with Crippen LogP contribution in [0.5, 0.6) is 0 Å². The lowest BCUT2D eigenvalue weighted by atomic mass is 9.93. The lowest BCUT2D eigenvalue weighted by molar-refractivity contribution is -0.144. The molecule has 0 radical (unpaired) electrons. The maximum Gasteiger partial charge on any atom is 0.323 e.